The summed E-state index contributed by atoms with van der Waals surface area (Å²) in [7, 11) is 1.51. The molecule has 6 nitrogen and oxygen atoms in total. The summed E-state index contributed by atoms with van der Waals surface area (Å²) in [6, 6.07) is 11.1. The first-order chi connectivity index (χ1) is 12.8. The minimum Gasteiger partial charge on any atom is -0.493 e. The molecule has 0 saturated heterocycles. The maximum absolute atomic E-state index is 11.3. The normalized spacial score (nSPS) is 11.0. The van der Waals surface area contributed by atoms with E-state index in [0.29, 0.717) is 23.7 Å². The van der Waals surface area contributed by atoms with Crippen molar-refractivity contribution in [2.24, 2.45) is 0 Å². The Balaban J connectivity index is 2.32. The summed E-state index contributed by atoms with van der Waals surface area (Å²) < 4.78 is 13.0. The molecule has 0 aliphatic rings. The van der Waals surface area contributed by atoms with Crippen molar-refractivity contribution in [1.29, 1.82) is 0 Å². The first kappa shape index (κ1) is 21.2. The Kier molecular flexibility index (Phi) is 7.66. The van der Waals surface area contributed by atoms with Crippen molar-refractivity contribution in [2.45, 2.75) is 13.5 Å². The highest BCUT2D eigenvalue weighted by Crippen LogP contribution is 2.35. The van der Waals surface area contributed by atoms with Crippen LogP contribution >= 0.6 is 38.5 Å². The van der Waals surface area contributed by atoms with Crippen molar-refractivity contribution < 1.29 is 24.2 Å². The van der Waals surface area contributed by atoms with Gasteiger partial charge in [0.2, 0.25) is 5.91 Å². The third kappa shape index (κ3) is 5.96. The molecule has 0 radical (unpaired) electrons. The number of halogens is 2. The highest BCUT2D eigenvalue weighted by atomic mass is 127. The van der Waals surface area contributed by atoms with E-state index in [1.165, 1.54) is 20.1 Å². The molecule has 27 heavy (non-hydrogen) atoms. The van der Waals surface area contributed by atoms with Crippen LogP contribution in [0.2, 0.25) is 0 Å². The molecular formula is C19H17BrINO5. The SMILES string of the molecule is COc1cc(/C=C(/NC(C)=O)C(=O)O)cc(I)c1OCc1ccccc1Br. The van der Waals surface area contributed by atoms with Crippen molar-refractivity contribution in [1.82, 2.24) is 5.32 Å². The Morgan fingerprint density at radius 1 is 1.30 bits per heavy atom. The third-order valence-electron chi connectivity index (χ3n) is 3.43. The number of carboxylic acids is 1. The summed E-state index contributed by atoms with van der Waals surface area (Å²) in [4.78, 5) is 22.5. The summed E-state index contributed by atoms with van der Waals surface area (Å²) in [5, 5.41) is 11.5. The molecule has 0 spiro atoms. The van der Waals surface area contributed by atoms with E-state index in [-0.39, 0.29) is 5.70 Å². The van der Waals surface area contributed by atoms with Crippen molar-refractivity contribution in [2.75, 3.05) is 7.11 Å². The zero-order valence-corrected chi connectivity index (χ0v) is 18.3. The minimum atomic E-state index is -1.23. The van der Waals surface area contributed by atoms with E-state index in [1.54, 1.807) is 12.1 Å². The van der Waals surface area contributed by atoms with Gasteiger partial charge in [0, 0.05) is 17.0 Å². The van der Waals surface area contributed by atoms with Crippen LogP contribution in [0.3, 0.4) is 0 Å². The molecule has 0 heterocycles. The van der Waals surface area contributed by atoms with Crippen molar-refractivity contribution in [3.8, 4) is 11.5 Å². The minimum absolute atomic E-state index is 0.220. The summed E-state index contributed by atoms with van der Waals surface area (Å²) in [5.41, 5.74) is 1.33. The lowest BCUT2D eigenvalue weighted by Crippen LogP contribution is -2.24. The van der Waals surface area contributed by atoms with E-state index < -0.39 is 11.9 Å². The number of hydrogen-bond acceptors (Lipinski definition) is 4. The summed E-state index contributed by atoms with van der Waals surface area (Å²) in [6.45, 7) is 1.59. The highest BCUT2D eigenvalue weighted by molar-refractivity contribution is 14.1. The van der Waals surface area contributed by atoms with E-state index >= 15 is 0 Å². The number of nitrogens with one attached hydrogen (secondary N) is 1. The fourth-order valence-corrected chi connectivity index (χ4v) is 3.42. The van der Waals surface area contributed by atoms with Crippen molar-refractivity contribution in [3.05, 3.63) is 61.3 Å². The van der Waals surface area contributed by atoms with Crippen molar-refractivity contribution in [3.63, 3.8) is 0 Å². The van der Waals surface area contributed by atoms with Gasteiger partial charge in [-0.3, -0.25) is 4.79 Å². The molecule has 0 aromatic heterocycles. The molecule has 0 saturated carbocycles. The quantitative estimate of drug-likeness (QED) is 0.402. The molecule has 0 unspecified atom stereocenters. The summed E-state index contributed by atoms with van der Waals surface area (Å²) in [5.74, 6) is -0.665. The van der Waals surface area contributed by atoms with Crippen molar-refractivity contribution >= 4 is 56.5 Å². The van der Waals surface area contributed by atoms with Crippen LogP contribution in [0.25, 0.3) is 6.08 Å². The van der Waals surface area contributed by atoms with Gasteiger partial charge in [-0.1, -0.05) is 34.1 Å². The van der Waals surface area contributed by atoms with Crippen LogP contribution in [0.4, 0.5) is 0 Å². The van der Waals surface area contributed by atoms with Gasteiger partial charge in [-0.15, -0.1) is 0 Å². The molecular weight excluding hydrogens is 529 g/mol. The summed E-state index contributed by atoms with van der Waals surface area (Å²) >= 11 is 5.58. The van der Waals surface area contributed by atoms with Gasteiger partial charge in [-0.25, -0.2) is 4.79 Å². The molecule has 8 heteroatoms. The first-order valence-corrected chi connectivity index (χ1v) is 9.65. The topological polar surface area (TPSA) is 84.9 Å². The predicted molar refractivity (Wildman–Crippen MR) is 114 cm³/mol. The molecule has 0 aliphatic heterocycles. The van der Waals surface area contributed by atoms with Crippen LogP contribution in [0, 0.1) is 3.57 Å². The van der Waals surface area contributed by atoms with Crippen LogP contribution < -0.4 is 14.8 Å². The number of amides is 1. The maximum Gasteiger partial charge on any atom is 0.352 e. The number of hydrogen-bond donors (Lipinski definition) is 2. The molecule has 2 N–H and O–H groups in total. The van der Waals surface area contributed by atoms with Gasteiger partial charge in [-0.05, 0) is 52.4 Å². The zero-order valence-electron chi connectivity index (χ0n) is 14.6. The second-order valence-electron chi connectivity index (χ2n) is 5.46. The van der Waals surface area contributed by atoms with E-state index in [0.717, 1.165) is 13.6 Å². The Morgan fingerprint density at radius 2 is 2.00 bits per heavy atom. The number of aliphatic carboxylic acids is 1. The van der Waals surface area contributed by atoms with Gasteiger partial charge in [0.05, 0.1) is 10.7 Å². The van der Waals surface area contributed by atoms with E-state index in [1.807, 2.05) is 24.3 Å². The number of methoxy groups -OCH3 is 1. The fraction of sp³-hybridized carbons (Fsp3) is 0.158. The fourth-order valence-electron chi connectivity index (χ4n) is 2.24. The number of benzene rings is 2. The molecule has 2 aromatic rings. The van der Waals surface area contributed by atoms with Crippen LogP contribution in [0.1, 0.15) is 18.1 Å². The van der Waals surface area contributed by atoms with Gasteiger partial charge < -0.3 is 19.9 Å². The van der Waals surface area contributed by atoms with Crippen LogP contribution in [0.15, 0.2) is 46.6 Å². The Bertz CT molecular complexity index is 898. The summed E-state index contributed by atoms with van der Waals surface area (Å²) in [6.07, 6.45) is 1.37. The number of rotatable bonds is 7. The highest BCUT2D eigenvalue weighted by Gasteiger charge is 2.14. The molecule has 0 fully saturated rings. The van der Waals surface area contributed by atoms with Crippen LogP contribution in [-0.2, 0) is 16.2 Å². The average Bonchev–Trinajstić information content (AvgIpc) is 2.60. The van der Waals surface area contributed by atoms with Crippen LogP contribution in [-0.4, -0.2) is 24.1 Å². The van der Waals surface area contributed by atoms with E-state index in [2.05, 4.69) is 43.8 Å². The number of carbonyl (C=O) groups excluding carboxylic acids is 1. The van der Waals surface area contributed by atoms with Gasteiger partial charge in [-0.2, -0.15) is 0 Å². The molecule has 1 amide bonds. The molecule has 0 bridgehead atoms. The lowest BCUT2D eigenvalue weighted by Gasteiger charge is -2.14. The standard InChI is InChI=1S/C19H17BrINO5/c1-11(23)22-16(19(24)25)8-12-7-15(21)18(17(9-12)26-2)27-10-13-5-3-4-6-14(13)20/h3-9H,10H2,1-2H3,(H,22,23)(H,24,25)/b16-8+. The Morgan fingerprint density at radius 3 is 2.59 bits per heavy atom. The van der Waals surface area contributed by atoms with Crippen LogP contribution in [0.5, 0.6) is 11.5 Å². The maximum atomic E-state index is 11.3. The lowest BCUT2D eigenvalue weighted by atomic mass is 10.1. The molecule has 0 aliphatic carbocycles. The Hall–Kier alpha value is -2.07. The van der Waals surface area contributed by atoms with Gasteiger partial charge in [0.1, 0.15) is 12.3 Å². The van der Waals surface area contributed by atoms with Gasteiger partial charge >= 0.3 is 5.97 Å². The second-order valence-corrected chi connectivity index (χ2v) is 7.48. The number of ether oxygens (including phenoxy) is 2. The Labute approximate surface area is 178 Å². The van der Waals surface area contributed by atoms with Gasteiger partial charge in [0.15, 0.2) is 11.5 Å². The third-order valence-corrected chi connectivity index (χ3v) is 5.01. The second kappa shape index (κ2) is 9.75. The van der Waals surface area contributed by atoms with Gasteiger partial charge in [0.25, 0.3) is 0 Å². The monoisotopic (exact) mass is 545 g/mol. The largest absolute Gasteiger partial charge is 0.493 e. The first-order valence-electron chi connectivity index (χ1n) is 7.78. The number of carboxylic acid groups (broad SMARTS) is 1. The molecule has 0 atom stereocenters. The smallest absolute Gasteiger partial charge is 0.352 e. The molecule has 2 aromatic carbocycles. The molecule has 2 rings (SSSR count). The predicted octanol–water partition coefficient (Wildman–Crippen LogP) is 4.20. The van der Waals surface area contributed by atoms with E-state index in [9.17, 15) is 14.7 Å². The molecule has 142 valence electrons. The van der Waals surface area contributed by atoms with E-state index in [4.69, 9.17) is 9.47 Å². The number of carbonyl (C=O) groups is 2. The average molecular weight is 546 g/mol. The lowest BCUT2D eigenvalue weighted by molar-refractivity contribution is -0.134. The zero-order chi connectivity index (χ0) is 20.0.